The molecule has 0 aliphatic rings. The Morgan fingerprint density at radius 3 is 2.85 bits per heavy atom. The molecule has 0 bridgehead atoms. The van der Waals surface area contributed by atoms with E-state index in [4.69, 9.17) is 5.11 Å². The molecule has 0 aliphatic heterocycles. The normalized spacial score (nSPS) is 13.2. The van der Waals surface area contributed by atoms with Gasteiger partial charge in [0.1, 0.15) is 6.33 Å². The lowest BCUT2D eigenvalue weighted by Gasteiger charge is -2.02. The predicted octanol–water partition coefficient (Wildman–Crippen LogP) is -0.257. The van der Waals surface area contributed by atoms with Crippen LogP contribution in [0.4, 0.5) is 0 Å². The number of aryl methyl sites for hydroxylation is 2. The first-order valence-corrected chi connectivity index (χ1v) is 4.37. The highest BCUT2D eigenvalue weighted by Crippen LogP contribution is 1.96. The smallest absolute Gasteiger partial charge is 0.345 e. The maximum absolute atomic E-state index is 11.2. The molecule has 1 aromatic heterocycles. The predicted molar refractivity (Wildman–Crippen MR) is 48.4 cm³/mol. The number of nitrogens with zero attached hydrogens (tertiary/aromatic N) is 3. The van der Waals surface area contributed by atoms with E-state index in [0.717, 1.165) is 6.42 Å². The highest BCUT2D eigenvalue weighted by Gasteiger charge is 2.01. The third-order valence-corrected chi connectivity index (χ3v) is 1.88. The molecule has 0 radical (unpaired) electrons. The average Bonchev–Trinajstić information content (AvgIpc) is 2.35. The molecule has 0 amide bonds. The van der Waals surface area contributed by atoms with E-state index in [1.54, 1.807) is 14.0 Å². The first-order valence-electron chi connectivity index (χ1n) is 4.37. The molecule has 1 heterocycles. The highest BCUT2D eigenvalue weighted by molar-refractivity contribution is 4.65. The van der Waals surface area contributed by atoms with E-state index in [2.05, 4.69) is 5.10 Å². The first-order chi connectivity index (χ1) is 6.11. The maximum atomic E-state index is 11.2. The number of aromatic nitrogens is 3. The van der Waals surface area contributed by atoms with Crippen molar-refractivity contribution in [3.63, 3.8) is 0 Å². The molecule has 0 saturated heterocycles. The van der Waals surface area contributed by atoms with Crippen LogP contribution in [0.25, 0.3) is 0 Å². The lowest BCUT2D eigenvalue weighted by atomic mass is 10.2. The van der Waals surface area contributed by atoms with E-state index in [0.29, 0.717) is 13.0 Å². The van der Waals surface area contributed by atoms with Gasteiger partial charge in [0.2, 0.25) is 0 Å². The minimum Gasteiger partial charge on any atom is -0.393 e. The molecular formula is C8H15N3O2. The van der Waals surface area contributed by atoms with Crippen molar-refractivity contribution < 1.29 is 5.11 Å². The zero-order valence-corrected chi connectivity index (χ0v) is 7.97. The molecule has 74 valence electrons. The van der Waals surface area contributed by atoms with Gasteiger partial charge in [0, 0.05) is 13.6 Å². The van der Waals surface area contributed by atoms with Gasteiger partial charge in [-0.25, -0.2) is 9.48 Å². The summed E-state index contributed by atoms with van der Waals surface area (Å²) in [6.45, 7) is 2.31. The zero-order chi connectivity index (χ0) is 9.84. The highest BCUT2D eigenvalue weighted by atomic mass is 16.3. The molecule has 0 saturated carbocycles. The van der Waals surface area contributed by atoms with Gasteiger partial charge in [-0.3, -0.25) is 4.57 Å². The summed E-state index contributed by atoms with van der Waals surface area (Å²) in [5.41, 5.74) is -0.106. The molecule has 0 fully saturated rings. The van der Waals surface area contributed by atoms with Gasteiger partial charge >= 0.3 is 5.69 Å². The van der Waals surface area contributed by atoms with Crippen LogP contribution in [0.2, 0.25) is 0 Å². The third kappa shape index (κ3) is 2.69. The van der Waals surface area contributed by atoms with Crippen molar-refractivity contribution in [1.82, 2.24) is 14.3 Å². The van der Waals surface area contributed by atoms with Gasteiger partial charge < -0.3 is 5.11 Å². The molecule has 5 nitrogen and oxygen atoms in total. The molecule has 1 rings (SSSR count). The Hall–Kier alpha value is -1.10. The molecule has 1 atom stereocenters. The van der Waals surface area contributed by atoms with Crippen LogP contribution in [0.3, 0.4) is 0 Å². The van der Waals surface area contributed by atoms with E-state index >= 15 is 0 Å². The van der Waals surface area contributed by atoms with Crippen LogP contribution < -0.4 is 5.69 Å². The van der Waals surface area contributed by atoms with Crippen LogP contribution in [-0.4, -0.2) is 25.6 Å². The largest absolute Gasteiger partial charge is 0.393 e. The Labute approximate surface area is 76.6 Å². The zero-order valence-electron chi connectivity index (χ0n) is 7.97. The second kappa shape index (κ2) is 4.23. The third-order valence-electron chi connectivity index (χ3n) is 1.88. The summed E-state index contributed by atoms with van der Waals surface area (Å²) in [4.78, 5) is 11.2. The van der Waals surface area contributed by atoms with Crippen LogP contribution in [0, 0.1) is 0 Å². The van der Waals surface area contributed by atoms with Crippen molar-refractivity contribution >= 4 is 0 Å². The molecule has 1 N–H and O–H groups in total. The molecule has 5 heteroatoms. The van der Waals surface area contributed by atoms with Gasteiger partial charge in [0.15, 0.2) is 0 Å². The Balaban J connectivity index is 2.46. The van der Waals surface area contributed by atoms with Crippen LogP contribution in [0.5, 0.6) is 0 Å². The van der Waals surface area contributed by atoms with Gasteiger partial charge in [-0.2, -0.15) is 5.10 Å². The minimum atomic E-state index is -0.306. The summed E-state index contributed by atoms with van der Waals surface area (Å²) < 4.78 is 2.84. The number of rotatable bonds is 4. The molecule has 13 heavy (non-hydrogen) atoms. The fourth-order valence-electron chi connectivity index (χ4n) is 1.11. The van der Waals surface area contributed by atoms with E-state index in [-0.39, 0.29) is 11.8 Å². The minimum absolute atomic E-state index is 0.106. The first kappa shape index (κ1) is 9.98. The van der Waals surface area contributed by atoms with Crippen molar-refractivity contribution in [1.29, 1.82) is 0 Å². The topological polar surface area (TPSA) is 60.0 Å². The number of aliphatic hydroxyl groups is 1. The van der Waals surface area contributed by atoms with Crippen LogP contribution in [0.1, 0.15) is 19.8 Å². The summed E-state index contributed by atoms with van der Waals surface area (Å²) in [7, 11) is 1.67. The van der Waals surface area contributed by atoms with Crippen LogP contribution in [0.15, 0.2) is 11.1 Å². The van der Waals surface area contributed by atoms with E-state index in [1.165, 1.54) is 15.6 Å². The van der Waals surface area contributed by atoms with Crippen molar-refractivity contribution in [2.75, 3.05) is 0 Å². The monoisotopic (exact) mass is 185 g/mol. The summed E-state index contributed by atoms with van der Waals surface area (Å²) in [5, 5.41) is 12.9. The van der Waals surface area contributed by atoms with Crippen molar-refractivity contribution in [3.8, 4) is 0 Å². The van der Waals surface area contributed by atoms with Gasteiger partial charge in [0.25, 0.3) is 0 Å². The maximum Gasteiger partial charge on any atom is 0.345 e. The van der Waals surface area contributed by atoms with Crippen molar-refractivity contribution in [2.45, 2.75) is 32.4 Å². The summed E-state index contributed by atoms with van der Waals surface area (Å²) in [6.07, 6.45) is 2.65. The number of hydrogen-bond donors (Lipinski definition) is 1. The second-order valence-electron chi connectivity index (χ2n) is 3.24. The summed E-state index contributed by atoms with van der Waals surface area (Å²) in [5.74, 6) is 0. The Morgan fingerprint density at radius 2 is 2.38 bits per heavy atom. The Morgan fingerprint density at radius 1 is 1.69 bits per heavy atom. The number of hydrogen-bond acceptors (Lipinski definition) is 3. The lowest BCUT2D eigenvalue weighted by molar-refractivity contribution is 0.178. The fourth-order valence-corrected chi connectivity index (χ4v) is 1.11. The van der Waals surface area contributed by atoms with Gasteiger partial charge in [-0.05, 0) is 19.8 Å². The van der Waals surface area contributed by atoms with Crippen molar-refractivity contribution in [3.05, 3.63) is 16.8 Å². The molecular weight excluding hydrogens is 170 g/mol. The van der Waals surface area contributed by atoms with Crippen molar-refractivity contribution in [2.24, 2.45) is 7.05 Å². The fraction of sp³-hybridized carbons (Fsp3) is 0.750. The Bertz CT molecular complexity index is 313. The van der Waals surface area contributed by atoms with E-state index in [1.807, 2.05) is 0 Å². The standard InChI is InChI=1S/C8H15N3O2/c1-7(12)4-3-5-11-8(13)10(2)6-9-11/h6-7,12H,3-5H2,1-2H3. The van der Waals surface area contributed by atoms with Crippen LogP contribution >= 0.6 is 0 Å². The molecule has 0 spiro atoms. The Kier molecular flexibility index (Phi) is 3.25. The molecule has 1 unspecified atom stereocenters. The van der Waals surface area contributed by atoms with Gasteiger partial charge in [0.05, 0.1) is 6.10 Å². The SMILES string of the molecule is CC(O)CCCn1ncn(C)c1=O. The lowest BCUT2D eigenvalue weighted by Crippen LogP contribution is -2.23. The summed E-state index contributed by atoms with van der Waals surface area (Å²) in [6, 6.07) is 0. The molecule has 1 aromatic rings. The van der Waals surface area contributed by atoms with E-state index in [9.17, 15) is 4.79 Å². The number of aliphatic hydroxyl groups excluding tert-OH is 1. The molecule has 0 aliphatic carbocycles. The quantitative estimate of drug-likeness (QED) is 0.703. The van der Waals surface area contributed by atoms with E-state index < -0.39 is 0 Å². The van der Waals surface area contributed by atoms with Crippen LogP contribution in [-0.2, 0) is 13.6 Å². The second-order valence-corrected chi connectivity index (χ2v) is 3.24. The summed E-state index contributed by atoms with van der Waals surface area (Å²) >= 11 is 0. The molecule has 0 aromatic carbocycles. The van der Waals surface area contributed by atoms with Gasteiger partial charge in [-0.15, -0.1) is 0 Å². The average molecular weight is 185 g/mol. The van der Waals surface area contributed by atoms with Gasteiger partial charge in [-0.1, -0.05) is 0 Å².